The summed E-state index contributed by atoms with van der Waals surface area (Å²) >= 11 is 0. The monoisotopic (exact) mass is 324 g/mol. The maximum Gasteiger partial charge on any atom is 0.0649 e. The highest BCUT2D eigenvalue weighted by Gasteiger charge is 2.05. The van der Waals surface area contributed by atoms with Gasteiger partial charge in [0.2, 0.25) is 0 Å². The van der Waals surface area contributed by atoms with Gasteiger partial charge in [-0.05, 0) is 54.3 Å². The first-order valence-electron chi connectivity index (χ1n) is 8.50. The topological polar surface area (TPSA) is 17.8 Å². The summed E-state index contributed by atoms with van der Waals surface area (Å²) in [6.45, 7) is 4.10. The quantitative estimate of drug-likeness (QED) is 0.464. The summed E-state index contributed by atoms with van der Waals surface area (Å²) in [5.74, 6) is 0. The third-order valence-electron chi connectivity index (χ3n) is 4.45. The zero-order valence-electron chi connectivity index (χ0n) is 14.5. The Labute approximate surface area is 148 Å². The van der Waals surface area contributed by atoms with E-state index in [1.807, 2.05) is 17.7 Å². The molecule has 0 aliphatic rings. The van der Waals surface area contributed by atoms with E-state index in [4.69, 9.17) is 0 Å². The second-order valence-corrected chi connectivity index (χ2v) is 6.33. The van der Waals surface area contributed by atoms with Crippen LogP contribution in [0.15, 0.2) is 84.9 Å². The average molecular weight is 324 g/mol. The lowest BCUT2D eigenvalue weighted by molar-refractivity contribution is 0.834. The normalized spacial score (nSPS) is 10.8. The summed E-state index contributed by atoms with van der Waals surface area (Å²) in [4.78, 5) is 0. The Hall–Kier alpha value is -3.13. The Morgan fingerprint density at radius 1 is 0.600 bits per heavy atom. The van der Waals surface area contributed by atoms with E-state index in [9.17, 15) is 0 Å². The van der Waals surface area contributed by atoms with Gasteiger partial charge in [-0.15, -0.1) is 0 Å². The molecule has 0 atom stereocenters. The highest BCUT2D eigenvalue weighted by molar-refractivity contribution is 5.70. The molecule has 2 nitrogen and oxygen atoms in total. The van der Waals surface area contributed by atoms with Gasteiger partial charge in [0, 0.05) is 5.69 Å². The maximum atomic E-state index is 4.54. The molecule has 0 saturated carbocycles. The van der Waals surface area contributed by atoms with Crippen LogP contribution in [0.25, 0.3) is 27.9 Å². The van der Waals surface area contributed by atoms with E-state index in [0.29, 0.717) is 0 Å². The fourth-order valence-corrected chi connectivity index (χ4v) is 3.17. The summed E-state index contributed by atoms with van der Waals surface area (Å²) in [6.07, 6.45) is 0. The van der Waals surface area contributed by atoms with Crippen LogP contribution in [0.3, 0.4) is 0 Å². The van der Waals surface area contributed by atoms with E-state index in [2.05, 4.69) is 90.9 Å². The van der Waals surface area contributed by atoms with Crippen molar-refractivity contribution in [3.63, 3.8) is 0 Å². The molecule has 0 saturated heterocycles. The standard InChI is InChI=1S/C23H20N2/c1-17-16-18(2)25(24-17)23-14-12-22(13-15-23)21-10-8-20(9-11-21)19-6-4-3-5-7-19/h3-16H,1-2H3. The molecule has 0 amide bonds. The number of hydrogen-bond acceptors (Lipinski definition) is 1. The summed E-state index contributed by atoms with van der Waals surface area (Å²) in [5, 5.41) is 4.54. The first-order chi connectivity index (χ1) is 12.2. The zero-order valence-corrected chi connectivity index (χ0v) is 14.5. The molecule has 0 radical (unpaired) electrons. The van der Waals surface area contributed by atoms with Crippen molar-refractivity contribution in [3.05, 3.63) is 96.3 Å². The van der Waals surface area contributed by atoms with Crippen molar-refractivity contribution in [3.8, 4) is 27.9 Å². The Morgan fingerprint density at radius 2 is 1.08 bits per heavy atom. The molecule has 2 heteroatoms. The van der Waals surface area contributed by atoms with Crippen molar-refractivity contribution < 1.29 is 0 Å². The third kappa shape index (κ3) is 3.11. The fourth-order valence-electron chi connectivity index (χ4n) is 3.17. The Morgan fingerprint density at radius 3 is 1.56 bits per heavy atom. The van der Waals surface area contributed by atoms with Crippen molar-refractivity contribution >= 4 is 0 Å². The molecule has 122 valence electrons. The van der Waals surface area contributed by atoms with E-state index in [1.165, 1.54) is 22.3 Å². The van der Waals surface area contributed by atoms with Gasteiger partial charge < -0.3 is 0 Å². The molecule has 0 fully saturated rings. The average Bonchev–Trinajstić information content (AvgIpc) is 3.01. The molecule has 4 rings (SSSR count). The Kier molecular flexibility index (Phi) is 3.95. The van der Waals surface area contributed by atoms with E-state index in [1.54, 1.807) is 0 Å². The van der Waals surface area contributed by atoms with E-state index in [-0.39, 0.29) is 0 Å². The first kappa shape index (κ1) is 15.4. The largest absolute Gasteiger partial charge is 0.238 e. The van der Waals surface area contributed by atoms with E-state index < -0.39 is 0 Å². The molecule has 0 unspecified atom stereocenters. The van der Waals surface area contributed by atoms with Crippen molar-refractivity contribution in [1.82, 2.24) is 9.78 Å². The lowest BCUT2D eigenvalue weighted by Crippen LogP contribution is -1.98. The van der Waals surface area contributed by atoms with Crippen LogP contribution in [0.2, 0.25) is 0 Å². The van der Waals surface area contributed by atoms with Crippen LogP contribution in [-0.2, 0) is 0 Å². The second-order valence-electron chi connectivity index (χ2n) is 6.33. The summed E-state index contributed by atoms with van der Waals surface area (Å²) < 4.78 is 1.98. The molecule has 0 N–H and O–H groups in total. The van der Waals surface area contributed by atoms with Gasteiger partial charge in [0.1, 0.15) is 0 Å². The molecule has 0 bridgehead atoms. The number of rotatable bonds is 3. The molecule has 1 heterocycles. The van der Waals surface area contributed by atoms with Gasteiger partial charge in [0.05, 0.1) is 11.4 Å². The summed E-state index contributed by atoms with van der Waals surface area (Å²) in [6, 6.07) is 29.8. The minimum atomic E-state index is 1.04. The van der Waals surface area contributed by atoms with Gasteiger partial charge in [0.25, 0.3) is 0 Å². The van der Waals surface area contributed by atoms with Gasteiger partial charge in [-0.2, -0.15) is 5.10 Å². The Balaban J connectivity index is 1.61. The van der Waals surface area contributed by atoms with E-state index >= 15 is 0 Å². The van der Waals surface area contributed by atoms with Gasteiger partial charge >= 0.3 is 0 Å². The van der Waals surface area contributed by atoms with Crippen molar-refractivity contribution in [2.45, 2.75) is 13.8 Å². The van der Waals surface area contributed by atoms with Gasteiger partial charge in [-0.25, -0.2) is 4.68 Å². The molecule has 1 aromatic heterocycles. The second kappa shape index (κ2) is 6.40. The number of hydrogen-bond donors (Lipinski definition) is 0. The van der Waals surface area contributed by atoms with Crippen molar-refractivity contribution in [1.29, 1.82) is 0 Å². The SMILES string of the molecule is Cc1cc(C)n(-c2ccc(-c3ccc(-c4ccccc4)cc3)cc2)n1. The molecular weight excluding hydrogens is 304 g/mol. The highest BCUT2D eigenvalue weighted by atomic mass is 15.3. The summed E-state index contributed by atoms with van der Waals surface area (Å²) in [5.41, 5.74) is 8.20. The van der Waals surface area contributed by atoms with Crippen LogP contribution in [-0.4, -0.2) is 9.78 Å². The zero-order chi connectivity index (χ0) is 17.2. The molecule has 0 spiro atoms. The minimum absolute atomic E-state index is 1.04. The van der Waals surface area contributed by atoms with Crippen LogP contribution >= 0.6 is 0 Å². The minimum Gasteiger partial charge on any atom is -0.238 e. The van der Waals surface area contributed by atoms with E-state index in [0.717, 1.165) is 17.1 Å². The number of aryl methyl sites for hydroxylation is 2. The van der Waals surface area contributed by atoms with Crippen molar-refractivity contribution in [2.75, 3.05) is 0 Å². The molecule has 0 aliphatic heterocycles. The summed E-state index contributed by atoms with van der Waals surface area (Å²) in [7, 11) is 0. The van der Waals surface area contributed by atoms with Gasteiger partial charge in [0.15, 0.2) is 0 Å². The van der Waals surface area contributed by atoms with Crippen LogP contribution in [0.4, 0.5) is 0 Å². The predicted molar refractivity (Wildman–Crippen MR) is 104 cm³/mol. The van der Waals surface area contributed by atoms with Crippen LogP contribution in [0.1, 0.15) is 11.4 Å². The van der Waals surface area contributed by atoms with Gasteiger partial charge in [-0.3, -0.25) is 0 Å². The molecule has 3 aromatic carbocycles. The molecular formula is C23H20N2. The van der Waals surface area contributed by atoms with Crippen LogP contribution in [0.5, 0.6) is 0 Å². The smallest absolute Gasteiger partial charge is 0.0649 e. The lowest BCUT2D eigenvalue weighted by Gasteiger charge is -2.08. The van der Waals surface area contributed by atoms with Crippen LogP contribution in [0, 0.1) is 13.8 Å². The molecule has 25 heavy (non-hydrogen) atoms. The first-order valence-corrected chi connectivity index (χ1v) is 8.50. The van der Waals surface area contributed by atoms with Crippen LogP contribution < -0.4 is 0 Å². The van der Waals surface area contributed by atoms with Crippen molar-refractivity contribution in [2.24, 2.45) is 0 Å². The Bertz CT molecular complexity index is 979. The predicted octanol–water partition coefficient (Wildman–Crippen LogP) is 5.82. The fraction of sp³-hybridized carbons (Fsp3) is 0.0870. The maximum absolute atomic E-state index is 4.54. The number of nitrogens with zero attached hydrogens (tertiary/aromatic N) is 2. The molecule has 4 aromatic rings. The highest BCUT2D eigenvalue weighted by Crippen LogP contribution is 2.25. The number of benzene rings is 3. The molecule has 0 aliphatic carbocycles. The number of aromatic nitrogens is 2. The lowest BCUT2D eigenvalue weighted by atomic mass is 10.0. The van der Waals surface area contributed by atoms with Gasteiger partial charge in [-0.1, -0.05) is 66.7 Å². The third-order valence-corrected chi connectivity index (χ3v) is 4.45.